The number of halogens is 1. The van der Waals surface area contributed by atoms with Gasteiger partial charge in [-0.05, 0) is 31.1 Å². The van der Waals surface area contributed by atoms with Crippen molar-refractivity contribution in [2.24, 2.45) is 5.92 Å². The number of hydrogen-bond acceptors (Lipinski definition) is 5. The number of amides is 2. The van der Waals surface area contributed by atoms with E-state index in [0.29, 0.717) is 22.4 Å². The normalized spacial score (nSPS) is 17.6. The molecule has 0 bridgehead atoms. The van der Waals surface area contributed by atoms with E-state index in [4.69, 9.17) is 11.6 Å². The van der Waals surface area contributed by atoms with Crippen LogP contribution >= 0.6 is 11.6 Å². The lowest BCUT2D eigenvalue weighted by Gasteiger charge is -2.34. The molecule has 29 heavy (non-hydrogen) atoms. The second kappa shape index (κ2) is 8.87. The lowest BCUT2D eigenvalue weighted by molar-refractivity contribution is -0.127. The molecule has 2 amide bonds. The first-order chi connectivity index (χ1) is 14.0. The first-order valence-corrected chi connectivity index (χ1v) is 9.54. The molecule has 1 aromatic heterocycles. The smallest absolute Gasteiger partial charge is 0.254 e. The van der Waals surface area contributed by atoms with Crippen molar-refractivity contribution in [1.29, 1.82) is 0 Å². The van der Waals surface area contributed by atoms with Gasteiger partial charge in [-0.25, -0.2) is 9.97 Å². The van der Waals surface area contributed by atoms with Crippen molar-refractivity contribution < 1.29 is 9.59 Å². The Labute approximate surface area is 174 Å². The highest BCUT2D eigenvalue weighted by Crippen LogP contribution is 2.32. The average Bonchev–Trinajstić information content (AvgIpc) is 2.71. The fraction of sp³-hybridized carbons (Fsp3) is 0.238. The summed E-state index contributed by atoms with van der Waals surface area (Å²) in [6.07, 6.45) is 5.65. The molecule has 1 saturated carbocycles. The van der Waals surface area contributed by atoms with Crippen molar-refractivity contribution in [2.75, 3.05) is 17.3 Å². The van der Waals surface area contributed by atoms with Gasteiger partial charge in [0.05, 0.1) is 16.9 Å². The molecule has 150 valence electrons. The summed E-state index contributed by atoms with van der Waals surface area (Å²) in [6, 6.07) is 7.38. The van der Waals surface area contributed by atoms with Crippen molar-refractivity contribution >= 4 is 35.1 Å². The van der Waals surface area contributed by atoms with Crippen LogP contribution in [0.5, 0.6) is 0 Å². The fourth-order valence-corrected chi connectivity index (χ4v) is 3.40. The van der Waals surface area contributed by atoms with E-state index in [0.717, 1.165) is 18.4 Å². The number of carbonyl (C=O) groups excluding carboxylic acids is 2. The third-order valence-electron chi connectivity index (χ3n) is 4.82. The predicted octanol–water partition coefficient (Wildman–Crippen LogP) is 3.40. The van der Waals surface area contributed by atoms with Gasteiger partial charge in [-0.3, -0.25) is 14.5 Å². The van der Waals surface area contributed by atoms with Crippen LogP contribution in [-0.2, 0) is 9.59 Å². The highest BCUT2D eigenvalue weighted by molar-refractivity contribution is 6.33. The van der Waals surface area contributed by atoms with E-state index >= 15 is 0 Å². The molecule has 0 unspecified atom stereocenters. The molecule has 3 rings (SSSR count). The number of hydrogen-bond donors (Lipinski definition) is 2. The maximum absolute atomic E-state index is 12.0. The number of benzene rings is 1. The van der Waals surface area contributed by atoms with Gasteiger partial charge in [0.15, 0.2) is 0 Å². The Morgan fingerprint density at radius 2 is 2.07 bits per heavy atom. The van der Waals surface area contributed by atoms with E-state index in [1.807, 2.05) is 12.1 Å². The minimum Gasteiger partial charge on any atom is -0.359 e. The average molecular weight is 412 g/mol. The molecule has 0 atom stereocenters. The Hall–Kier alpha value is -3.19. The predicted molar refractivity (Wildman–Crippen MR) is 115 cm³/mol. The number of nitrogens with one attached hydrogen (secondary N) is 2. The van der Waals surface area contributed by atoms with Crippen LogP contribution in [0.2, 0.25) is 5.02 Å². The lowest BCUT2D eigenvalue weighted by Crippen LogP contribution is -2.43. The summed E-state index contributed by atoms with van der Waals surface area (Å²) in [7, 11) is 1.64. The number of carbonyl (C=O) groups is 2. The number of anilines is 2. The largest absolute Gasteiger partial charge is 0.359 e. The molecule has 0 spiro atoms. The highest BCUT2D eigenvalue weighted by atomic mass is 35.5. The summed E-state index contributed by atoms with van der Waals surface area (Å²) < 4.78 is 0. The fourth-order valence-electron chi connectivity index (χ4n) is 3.20. The van der Waals surface area contributed by atoms with E-state index in [9.17, 15) is 9.59 Å². The van der Waals surface area contributed by atoms with Crippen LogP contribution in [0.3, 0.4) is 0 Å². The zero-order valence-corrected chi connectivity index (χ0v) is 16.8. The molecular formula is C21H22ClN5O2. The minimum atomic E-state index is -0.288. The number of nitrogens with zero attached hydrogens (tertiary/aromatic N) is 3. The van der Waals surface area contributed by atoms with Crippen molar-refractivity contribution in [1.82, 2.24) is 15.3 Å². The number of aromatic nitrogens is 2. The standard InChI is InChI=1S/C21H22ClN5O2/c1-4-18(28)27(5-2)16-8-6-7-13(11-16)19-17(22)12-24-21(26-19)25-15-9-14(10-15)20(29)23-3/h4-8,11-12,14-15H,1-2,9-10H2,3H3,(H,23,29)(H,24,25,26). The van der Waals surface area contributed by atoms with Crippen molar-refractivity contribution in [3.8, 4) is 11.3 Å². The molecule has 1 heterocycles. The van der Waals surface area contributed by atoms with E-state index < -0.39 is 0 Å². The maximum atomic E-state index is 12.0. The Balaban J connectivity index is 1.81. The van der Waals surface area contributed by atoms with Crippen molar-refractivity contribution in [3.05, 3.63) is 60.9 Å². The number of rotatable bonds is 7. The van der Waals surface area contributed by atoms with Gasteiger partial charge in [-0.2, -0.15) is 0 Å². The summed E-state index contributed by atoms with van der Waals surface area (Å²) in [6.45, 7) is 7.19. The molecule has 0 aliphatic heterocycles. The maximum Gasteiger partial charge on any atom is 0.254 e. The topological polar surface area (TPSA) is 87.2 Å². The molecule has 0 saturated heterocycles. The zero-order chi connectivity index (χ0) is 21.0. The second-order valence-electron chi connectivity index (χ2n) is 6.66. The van der Waals surface area contributed by atoms with E-state index in [2.05, 4.69) is 33.8 Å². The van der Waals surface area contributed by atoms with Gasteiger partial charge in [-0.15, -0.1) is 0 Å². The third-order valence-corrected chi connectivity index (χ3v) is 5.10. The molecule has 8 heteroatoms. The molecule has 1 aliphatic rings. The molecule has 2 N–H and O–H groups in total. The Morgan fingerprint density at radius 3 is 2.72 bits per heavy atom. The van der Waals surface area contributed by atoms with Crippen molar-refractivity contribution in [2.45, 2.75) is 18.9 Å². The van der Waals surface area contributed by atoms with Gasteiger partial charge >= 0.3 is 0 Å². The summed E-state index contributed by atoms with van der Waals surface area (Å²) >= 11 is 6.33. The van der Waals surface area contributed by atoms with E-state index in [-0.39, 0.29) is 23.8 Å². The van der Waals surface area contributed by atoms with Crippen LogP contribution in [0, 0.1) is 5.92 Å². The zero-order valence-electron chi connectivity index (χ0n) is 16.1. The van der Waals surface area contributed by atoms with Gasteiger partial charge < -0.3 is 10.6 Å². The molecular weight excluding hydrogens is 390 g/mol. The third kappa shape index (κ3) is 4.46. The molecule has 1 aliphatic carbocycles. The summed E-state index contributed by atoms with van der Waals surface area (Å²) in [5.74, 6) is 0.230. The molecule has 2 aromatic rings. The van der Waals surface area contributed by atoms with Crippen LogP contribution in [-0.4, -0.2) is 34.9 Å². The van der Waals surface area contributed by atoms with E-state index in [1.54, 1.807) is 19.2 Å². The van der Waals surface area contributed by atoms with E-state index in [1.165, 1.54) is 23.4 Å². The molecule has 0 radical (unpaired) electrons. The Bertz CT molecular complexity index is 956. The summed E-state index contributed by atoms with van der Waals surface area (Å²) in [4.78, 5) is 33.8. The van der Waals surface area contributed by atoms with Gasteiger partial charge in [0, 0.05) is 36.5 Å². The second-order valence-corrected chi connectivity index (χ2v) is 7.07. The van der Waals surface area contributed by atoms with Crippen LogP contribution < -0.4 is 15.5 Å². The van der Waals surface area contributed by atoms with Crippen LogP contribution in [0.1, 0.15) is 12.8 Å². The monoisotopic (exact) mass is 411 g/mol. The van der Waals surface area contributed by atoms with Crippen molar-refractivity contribution in [3.63, 3.8) is 0 Å². The van der Waals surface area contributed by atoms with Crippen LogP contribution in [0.25, 0.3) is 11.3 Å². The summed E-state index contributed by atoms with van der Waals surface area (Å²) in [5.41, 5.74) is 1.90. The van der Waals surface area contributed by atoms with Gasteiger partial charge in [0.25, 0.3) is 5.91 Å². The van der Waals surface area contributed by atoms with Crippen LogP contribution in [0.15, 0.2) is 55.9 Å². The summed E-state index contributed by atoms with van der Waals surface area (Å²) in [5, 5.41) is 6.30. The first-order valence-electron chi connectivity index (χ1n) is 9.16. The first kappa shape index (κ1) is 20.5. The van der Waals surface area contributed by atoms with Gasteiger partial charge in [-0.1, -0.05) is 36.9 Å². The van der Waals surface area contributed by atoms with Gasteiger partial charge in [0.1, 0.15) is 0 Å². The SMILES string of the molecule is C=CC(=O)N(C=C)c1cccc(-c2nc(NC3CC(C(=O)NC)C3)ncc2Cl)c1. The lowest BCUT2D eigenvalue weighted by atomic mass is 9.80. The quantitative estimate of drug-likeness (QED) is 0.682. The molecule has 1 fully saturated rings. The van der Waals surface area contributed by atoms with Gasteiger partial charge in [0.2, 0.25) is 11.9 Å². The Kier molecular flexibility index (Phi) is 6.29. The highest BCUT2D eigenvalue weighted by Gasteiger charge is 2.34. The molecule has 1 aromatic carbocycles. The Morgan fingerprint density at radius 1 is 1.31 bits per heavy atom. The van der Waals surface area contributed by atoms with Crippen LogP contribution in [0.4, 0.5) is 11.6 Å². The minimum absolute atomic E-state index is 0.0215. The molecule has 7 nitrogen and oxygen atoms in total.